The molecule has 0 radical (unpaired) electrons. The van der Waals surface area contributed by atoms with Crippen LogP contribution in [0, 0.1) is 11.7 Å². The van der Waals surface area contributed by atoms with E-state index in [1.807, 2.05) is 32.9 Å². The van der Waals surface area contributed by atoms with E-state index >= 15 is 0 Å². The van der Waals surface area contributed by atoms with Gasteiger partial charge in [-0.3, -0.25) is 24.0 Å². The van der Waals surface area contributed by atoms with Crippen LogP contribution in [0.1, 0.15) is 89.7 Å². The molecule has 0 spiro atoms. The lowest BCUT2D eigenvalue weighted by atomic mass is 10.0. The molecule has 4 amide bonds. The Morgan fingerprint density at radius 2 is 1.86 bits per heavy atom. The van der Waals surface area contributed by atoms with Crippen molar-refractivity contribution < 1.29 is 36.7 Å². The topological polar surface area (TPSA) is 166 Å². The van der Waals surface area contributed by atoms with Gasteiger partial charge in [-0.05, 0) is 83.1 Å². The van der Waals surface area contributed by atoms with Gasteiger partial charge >= 0.3 is 6.09 Å². The molecule has 5 atom stereocenters. The van der Waals surface area contributed by atoms with Crippen molar-refractivity contribution in [3.63, 3.8) is 0 Å². The molecule has 0 aromatic heterocycles. The number of hydrogen-bond donors (Lipinski definition) is 4. The minimum Gasteiger partial charge on any atom is -0.444 e. The summed E-state index contributed by atoms with van der Waals surface area (Å²) in [7, 11) is -3.89. The first-order chi connectivity index (χ1) is 24.1. The van der Waals surface area contributed by atoms with Crippen molar-refractivity contribution in [3.05, 3.63) is 47.3 Å². The van der Waals surface area contributed by atoms with E-state index in [-0.39, 0.29) is 43.1 Å². The Balaban J connectivity index is 1.25. The van der Waals surface area contributed by atoms with Crippen molar-refractivity contribution in [2.45, 2.75) is 126 Å². The van der Waals surface area contributed by atoms with Gasteiger partial charge in [0.25, 0.3) is 5.91 Å². The number of rotatable bonds is 5. The number of nitrogens with one attached hydrogen (secondary N) is 4. The molecule has 3 aliphatic heterocycles. The molecule has 3 heterocycles. The van der Waals surface area contributed by atoms with Crippen LogP contribution in [0.4, 0.5) is 9.18 Å². The standard InChI is InChI=1S/C35H47FN6O7S2/c1-34(2,3)39-32(50)37-27-13-8-6-4-5-7-11-22-17-35(22,31(45)40-51(47,48)24-14-15-24)38-29(43)28-16-23(19-42(28)30(27)44)49-33(46)41-18-21-10-9-12-26(36)25(21)20-41/h7,9-12,22-24,27-28H,4-6,8,13-20H2,1-3H3,(H,38,43)(H,40,45)(H2,37,39,50)/b11-7-/t22-,23-,27+,28+,35-/m1/s1. The highest BCUT2D eigenvalue weighted by Crippen LogP contribution is 2.46. The third-order valence-electron chi connectivity index (χ3n) is 10.1. The molecule has 0 unspecified atom stereocenters. The van der Waals surface area contributed by atoms with Crippen molar-refractivity contribution in [1.82, 2.24) is 30.5 Å². The maximum Gasteiger partial charge on any atom is 0.410 e. The largest absolute Gasteiger partial charge is 0.444 e. The summed E-state index contributed by atoms with van der Waals surface area (Å²) in [5.41, 5.74) is -0.803. The normalized spacial score (nSPS) is 28.9. The number of halogens is 1. The molecule has 2 aliphatic carbocycles. The Kier molecular flexibility index (Phi) is 10.4. The Morgan fingerprint density at radius 1 is 1.10 bits per heavy atom. The van der Waals surface area contributed by atoms with Gasteiger partial charge < -0.3 is 25.6 Å². The molecule has 51 heavy (non-hydrogen) atoms. The number of sulfonamides is 1. The molecular weight excluding hydrogens is 700 g/mol. The SMILES string of the molecule is CC(C)(C)NC(=S)N[C@H]1CCCCC/C=C\[C@@H]2C[C@@]2(C(=O)NS(=O)(=O)C2CC2)NC(=O)[C@@H]2C[C@@H](OC(=O)N3Cc4cccc(F)c4C3)CN2C1=O. The molecule has 2 saturated carbocycles. The first-order valence-electron chi connectivity index (χ1n) is 17.7. The van der Waals surface area contributed by atoms with Crippen LogP contribution in [0.5, 0.6) is 0 Å². The summed E-state index contributed by atoms with van der Waals surface area (Å²) in [5, 5.41) is 8.79. The number of hydrogen-bond acceptors (Lipinski definition) is 8. The van der Waals surface area contributed by atoms with Crippen LogP contribution in [-0.4, -0.2) is 88.2 Å². The summed E-state index contributed by atoms with van der Waals surface area (Å²) in [6, 6.07) is 2.72. The first kappa shape index (κ1) is 37.0. The van der Waals surface area contributed by atoms with E-state index in [1.165, 1.54) is 15.9 Å². The predicted molar refractivity (Wildman–Crippen MR) is 190 cm³/mol. The average molecular weight is 747 g/mol. The lowest BCUT2D eigenvalue weighted by Crippen LogP contribution is -2.59. The number of fused-ring (bicyclic) bond motifs is 3. The molecule has 3 fully saturated rings. The van der Waals surface area contributed by atoms with Gasteiger partial charge in [-0.2, -0.15) is 0 Å². The zero-order valence-corrected chi connectivity index (χ0v) is 30.8. The minimum atomic E-state index is -3.89. The molecule has 13 nitrogen and oxygen atoms in total. The average Bonchev–Trinajstić information content (AvgIpc) is 3.93. The summed E-state index contributed by atoms with van der Waals surface area (Å²) in [4.78, 5) is 58.3. The third-order valence-corrected chi connectivity index (χ3v) is 12.1. The first-order valence-corrected chi connectivity index (χ1v) is 19.7. The molecule has 5 aliphatic rings. The highest BCUT2D eigenvalue weighted by Gasteiger charge is 2.62. The molecular formula is C35H47FN6O7S2. The number of thiocarbonyl (C=S) groups is 1. The van der Waals surface area contributed by atoms with Crippen LogP contribution in [-0.2, 0) is 42.2 Å². The van der Waals surface area contributed by atoms with Gasteiger partial charge in [-0.15, -0.1) is 0 Å². The Labute approximate surface area is 303 Å². The number of nitrogens with zero attached hydrogens (tertiary/aromatic N) is 2. The summed E-state index contributed by atoms with van der Waals surface area (Å²) >= 11 is 5.56. The number of ether oxygens (including phenoxy) is 1. The van der Waals surface area contributed by atoms with E-state index in [0.29, 0.717) is 36.8 Å². The molecule has 1 aromatic carbocycles. The molecule has 16 heteroatoms. The van der Waals surface area contributed by atoms with Gasteiger partial charge in [0.05, 0.1) is 18.3 Å². The predicted octanol–water partition coefficient (Wildman–Crippen LogP) is 2.88. The summed E-state index contributed by atoms with van der Waals surface area (Å²) in [5.74, 6) is -2.73. The van der Waals surface area contributed by atoms with E-state index < -0.39 is 74.5 Å². The Morgan fingerprint density at radius 3 is 2.57 bits per heavy atom. The highest BCUT2D eigenvalue weighted by atomic mass is 32.2. The van der Waals surface area contributed by atoms with E-state index in [0.717, 1.165) is 19.3 Å². The number of carbonyl (C=O) groups excluding carboxylic acids is 4. The van der Waals surface area contributed by atoms with Crippen LogP contribution < -0.4 is 20.7 Å². The summed E-state index contributed by atoms with van der Waals surface area (Å²) < 4.78 is 48.0. The lowest BCUT2D eigenvalue weighted by molar-refractivity contribution is -0.141. The molecule has 1 aromatic rings. The fourth-order valence-corrected chi connectivity index (χ4v) is 8.92. The Hall–Kier alpha value is -3.79. The fourth-order valence-electron chi connectivity index (χ4n) is 7.11. The number of amides is 4. The van der Waals surface area contributed by atoms with Gasteiger partial charge in [-0.25, -0.2) is 17.6 Å². The second-order valence-corrected chi connectivity index (χ2v) is 17.8. The van der Waals surface area contributed by atoms with Crippen molar-refractivity contribution in [3.8, 4) is 0 Å². The van der Waals surface area contributed by atoms with Gasteiger partial charge in [0.15, 0.2) is 5.11 Å². The molecule has 6 rings (SSSR count). The van der Waals surface area contributed by atoms with Crippen LogP contribution in [0.25, 0.3) is 0 Å². The highest BCUT2D eigenvalue weighted by molar-refractivity contribution is 7.91. The van der Waals surface area contributed by atoms with E-state index in [1.54, 1.807) is 12.1 Å². The monoisotopic (exact) mass is 746 g/mol. The van der Waals surface area contributed by atoms with Crippen molar-refractivity contribution >= 4 is 51.2 Å². The second kappa shape index (κ2) is 14.3. The number of benzene rings is 1. The van der Waals surface area contributed by atoms with Crippen LogP contribution in [0.2, 0.25) is 0 Å². The van der Waals surface area contributed by atoms with E-state index in [9.17, 15) is 32.0 Å². The van der Waals surface area contributed by atoms with Gasteiger partial charge in [0, 0.05) is 30.0 Å². The van der Waals surface area contributed by atoms with Crippen molar-refractivity contribution in [1.29, 1.82) is 0 Å². The molecule has 278 valence electrons. The van der Waals surface area contributed by atoms with Crippen LogP contribution in [0.15, 0.2) is 30.4 Å². The number of carbonyl (C=O) groups is 4. The maximum absolute atomic E-state index is 14.4. The minimum absolute atomic E-state index is 0.0284. The van der Waals surface area contributed by atoms with E-state index in [4.69, 9.17) is 17.0 Å². The molecule has 0 bridgehead atoms. The lowest BCUT2D eigenvalue weighted by Gasteiger charge is -2.31. The molecule has 1 saturated heterocycles. The third kappa shape index (κ3) is 8.48. The fraction of sp³-hybridized carbons (Fsp3) is 0.629. The zero-order chi connectivity index (χ0) is 36.7. The smallest absolute Gasteiger partial charge is 0.410 e. The summed E-state index contributed by atoms with van der Waals surface area (Å²) in [6.07, 6.45) is 6.75. The molecule has 4 N–H and O–H groups in total. The quantitative estimate of drug-likeness (QED) is 0.260. The van der Waals surface area contributed by atoms with Gasteiger partial charge in [-0.1, -0.05) is 37.1 Å². The van der Waals surface area contributed by atoms with Crippen LogP contribution >= 0.6 is 12.2 Å². The maximum atomic E-state index is 14.4. The van der Waals surface area contributed by atoms with Crippen molar-refractivity contribution in [2.75, 3.05) is 6.54 Å². The zero-order valence-electron chi connectivity index (χ0n) is 29.2. The van der Waals surface area contributed by atoms with Crippen LogP contribution in [0.3, 0.4) is 0 Å². The van der Waals surface area contributed by atoms with Crippen molar-refractivity contribution in [2.24, 2.45) is 5.92 Å². The second-order valence-electron chi connectivity index (χ2n) is 15.4. The number of allylic oxidation sites excluding steroid dienone is 1. The van der Waals surface area contributed by atoms with E-state index in [2.05, 4.69) is 20.7 Å². The van der Waals surface area contributed by atoms with Gasteiger partial charge in [0.1, 0.15) is 29.5 Å². The Bertz CT molecular complexity index is 1730. The summed E-state index contributed by atoms with van der Waals surface area (Å²) in [6.45, 7) is 5.90. The van der Waals surface area contributed by atoms with Gasteiger partial charge in [0.2, 0.25) is 21.8 Å².